The van der Waals surface area contributed by atoms with Crippen LogP contribution in [0.15, 0.2) is 42.6 Å². The van der Waals surface area contributed by atoms with Crippen LogP contribution in [0.25, 0.3) is 5.65 Å². The molecule has 0 aliphatic carbocycles. The summed E-state index contributed by atoms with van der Waals surface area (Å²) < 4.78 is 8.97. The maximum absolute atomic E-state index is 13.0. The van der Waals surface area contributed by atoms with Crippen molar-refractivity contribution in [2.45, 2.75) is 13.0 Å². The standard InChI is InChI=1S/C18H14Cl2N4O2/c1-26-18-16(17(25)22-15-12(19)6-4-7-13(15)20)23-10-3-2-8-14(23)24(18)11-5-9-21/h2-4,6-8,10H,5,11H2,1H3/p+1. The van der Waals surface area contributed by atoms with E-state index in [-0.39, 0.29) is 12.1 Å². The molecular formula is C18H15Cl2N4O2+. The fourth-order valence-corrected chi connectivity index (χ4v) is 3.25. The fourth-order valence-electron chi connectivity index (χ4n) is 2.76. The van der Waals surface area contributed by atoms with Gasteiger partial charge in [0.05, 0.1) is 41.5 Å². The minimum atomic E-state index is -0.422. The number of benzene rings is 1. The molecule has 0 saturated carbocycles. The Labute approximate surface area is 160 Å². The number of hydrogen-bond donors (Lipinski definition) is 1. The van der Waals surface area contributed by atoms with Gasteiger partial charge in [-0.2, -0.15) is 14.2 Å². The zero-order valence-electron chi connectivity index (χ0n) is 13.9. The third kappa shape index (κ3) is 3.19. The van der Waals surface area contributed by atoms with E-state index in [1.165, 1.54) is 7.11 Å². The minimum Gasteiger partial charge on any atom is -0.462 e. The van der Waals surface area contributed by atoms with Crippen LogP contribution in [-0.4, -0.2) is 17.4 Å². The predicted molar refractivity (Wildman–Crippen MR) is 98.8 cm³/mol. The Hall–Kier alpha value is -2.75. The fraction of sp³-hybridized carbons (Fsp3) is 0.167. The number of ether oxygens (including phenoxy) is 1. The molecule has 0 spiro atoms. The lowest BCUT2D eigenvalue weighted by atomic mass is 10.3. The van der Waals surface area contributed by atoms with E-state index in [1.807, 2.05) is 12.1 Å². The summed E-state index contributed by atoms with van der Waals surface area (Å²) in [5.74, 6) is -0.0686. The number of carbonyl (C=O) groups is 1. The zero-order chi connectivity index (χ0) is 18.7. The van der Waals surface area contributed by atoms with Gasteiger partial charge in [0.1, 0.15) is 6.54 Å². The van der Waals surface area contributed by atoms with Gasteiger partial charge in [0, 0.05) is 6.07 Å². The van der Waals surface area contributed by atoms with Gasteiger partial charge in [-0.3, -0.25) is 4.79 Å². The number of anilines is 1. The molecule has 0 unspecified atom stereocenters. The lowest BCUT2D eigenvalue weighted by Gasteiger charge is -2.08. The number of nitriles is 1. The molecule has 3 rings (SSSR count). The molecule has 0 aliphatic rings. The van der Waals surface area contributed by atoms with Gasteiger partial charge in [0.25, 0.3) is 11.3 Å². The van der Waals surface area contributed by atoms with Crippen LogP contribution in [0.3, 0.4) is 0 Å². The normalized spacial score (nSPS) is 10.5. The number of para-hydroxylation sites is 1. The van der Waals surface area contributed by atoms with Gasteiger partial charge in [-0.25, -0.2) is 0 Å². The number of aryl methyl sites for hydroxylation is 1. The highest BCUT2D eigenvalue weighted by atomic mass is 35.5. The largest absolute Gasteiger partial charge is 0.462 e. The summed E-state index contributed by atoms with van der Waals surface area (Å²) in [6, 6.07) is 12.6. The Morgan fingerprint density at radius 2 is 2.00 bits per heavy atom. The lowest BCUT2D eigenvalue weighted by Crippen LogP contribution is -2.34. The van der Waals surface area contributed by atoms with Crippen LogP contribution in [-0.2, 0) is 6.54 Å². The molecule has 0 aliphatic heterocycles. The Bertz CT molecular complexity index is 1000. The number of rotatable bonds is 5. The molecule has 0 fully saturated rings. The third-order valence-corrected chi connectivity index (χ3v) is 4.49. The van der Waals surface area contributed by atoms with Crippen molar-refractivity contribution in [3.05, 3.63) is 58.3 Å². The number of nitrogens with one attached hydrogen (secondary N) is 1. The second kappa shape index (κ2) is 7.65. The first-order valence-corrected chi connectivity index (χ1v) is 8.53. The summed E-state index contributed by atoms with van der Waals surface area (Å²) in [6.07, 6.45) is 2.04. The summed E-state index contributed by atoms with van der Waals surface area (Å²) >= 11 is 12.3. The molecule has 1 amide bonds. The SMILES string of the molecule is COc1c(C(=O)Nc2c(Cl)cccc2Cl)n2ccccc2[n+]1CCC#N. The highest BCUT2D eigenvalue weighted by Gasteiger charge is 2.32. The van der Waals surface area contributed by atoms with E-state index in [2.05, 4.69) is 11.4 Å². The van der Waals surface area contributed by atoms with Crippen molar-refractivity contribution in [2.75, 3.05) is 12.4 Å². The van der Waals surface area contributed by atoms with E-state index in [9.17, 15) is 4.79 Å². The van der Waals surface area contributed by atoms with Gasteiger partial charge in [0.15, 0.2) is 0 Å². The Morgan fingerprint density at radius 1 is 1.27 bits per heavy atom. The number of nitrogens with zero attached hydrogens (tertiary/aromatic N) is 3. The summed E-state index contributed by atoms with van der Waals surface area (Å²) in [7, 11) is 1.48. The van der Waals surface area contributed by atoms with Crippen LogP contribution in [0, 0.1) is 11.3 Å². The molecule has 132 valence electrons. The van der Waals surface area contributed by atoms with Crippen molar-refractivity contribution < 1.29 is 14.1 Å². The van der Waals surface area contributed by atoms with Crippen LogP contribution in [0.2, 0.25) is 10.0 Å². The van der Waals surface area contributed by atoms with Crippen LogP contribution in [0.5, 0.6) is 5.88 Å². The van der Waals surface area contributed by atoms with E-state index in [4.69, 9.17) is 33.2 Å². The van der Waals surface area contributed by atoms with Gasteiger partial charge < -0.3 is 10.1 Å². The van der Waals surface area contributed by atoms with Crippen LogP contribution >= 0.6 is 23.2 Å². The number of fused-ring (bicyclic) bond motifs is 1. The number of amides is 1. The lowest BCUT2D eigenvalue weighted by molar-refractivity contribution is -0.674. The molecule has 2 heterocycles. The van der Waals surface area contributed by atoms with Crippen LogP contribution < -0.4 is 14.6 Å². The number of carbonyl (C=O) groups excluding carboxylic acids is 1. The van der Waals surface area contributed by atoms with Gasteiger partial charge in [-0.05, 0) is 18.2 Å². The number of halogens is 2. The molecule has 8 heteroatoms. The first-order chi connectivity index (χ1) is 12.6. The molecule has 0 saturated heterocycles. The van der Waals surface area contributed by atoms with E-state index >= 15 is 0 Å². The number of aromatic nitrogens is 2. The number of pyridine rings is 1. The molecule has 1 aromatic carbocycles. The van der Waals surface area contributed by atoms with E-state index in [0.29, 0.717) is 28.2 Å². The second-order valence-electron chi connectivity index (χ2n) is 5.40. The van der Waals surface area contributed by atoms with Gasteiger partial charge in [-0.1, -0.05) is 35.3 Å². The Morgan fingerprint density at radius 3 is 2.65 bits per heavy atom. The monoisotopic (exact) mass is 389 g/mol. The average Bonchev–Trinajstić information content (AvgIpc) is 2.96. The maximum Gasteiger partial charge on any atom is 0.339 e. The Balaban J connectivity index is 2.12. The van der Waals surface area contributed by atoms with E-state index in [0.717, 1.165) is 5.65 Å². The highest BCUT2D eigenvalue weighted by Crippen LogP contribution is 2.31. The van der Waals surface area contributed by atoms with Gasteiger partial charge in [0.2, 0.25) is 0 Å². The molecule has 26 heavy (non-hydrogen) atoms. The summed E-state index contributed by atoms with van der Waals surface area (Å²) in [4.78, 5) is 13.0. The zero-order valence-corrected chi connectivity index (χ0v) is 15.4. The van der Waals surface area contributed by atoms with E-state index < -0.39 is 5.91 Å². The molecular weight excluding hydrogens is 375 g/mol. The second-order valence-corrected chi connectivity index (χ2v) is 6.21. The molecule has 1 N–H and O–H groups in total. The smallest absolute Gasteiger partial charge is 0.339 e. The van der Waals surface area contributed by atoms with Crippen molar-refractivity contribution in [3.8, 4) is 11.9 Å². The highest BCUT2D eigenvalue weighted by molar-refractivity contribution is 6.40. The summed E-state index contributed by atoms with van der Waals surface area (Å²) in [6.45, 7) is 0.396. The molecule has 0 bridgehead atoms. The summed E-state index contributed by atoms with van der Waals surface area (Å²) in [5.41, 5.74) is 1.35. The van der Waals surface area contributed by atoms with Crippen molar-refractivity contribution >= 4 is 40.4 Å². The van der Waals surface area contributed by atoms with E-state index in [1.54, 1.807) is 39.4 Å². The minimum absolute atomic E-state index is 0.285. The number of methoxy groups -OCH3 is 1. The predicted octanol–water partition coefficient (Wildman–Crippen LogP) is 3.71. The summed E-state index contributed by atoms with van der Waals surface area (Å²) in [5, 5.41) is 12.3. The first kappa shape index (κ1) is 18.1. The maximum atomic E-state index is 13.0. The van der Waals surface area contributed by atoms with Gasteiger partial charge in [-0.15, -0.1) is 0 Å². The topological polar surface area (TPSA) is 70.4 Å². The van der Waals surface area contributed by atoms with Crippen LogP contribution in [0.1, 0.15) is 16.9 Å². The quantitative estimate of drug-likeness (QED) is 0.676. The van der Waals surface area contributed by atoms with Crippen LogP contribution in [0.4, 0.5) is 5.69 Å². The van der Waals surface area contributed by atoms with Crippen molar-refractivity contribution in [3.63, 3.8) is 0 Å². The Kier molecular flexibility index (Phi) is 5.31. The van der Waals surface area contributed by atoms with Crippen molar-refractivity contribution in [1.29, 1.82) is 5.26 Å². The molecule has 6 nitrogen and oxygen atoms in total. The van der Waals surface area contributed by atoms with Crippen molar-refractivity contribution in [2.24, 2.45) is 0 Å². The number of hydrogen-bond acceptors (Lipinski definition) is 3. The van der Waals surface area contributed by atoms with Crippen molar-refractivity contribution in [1.82, 2.24) is 4.40 Å². The number of imidazole rings is 1. The molecule has 0 atom stereocenters. The molecule has 3 aromatic rings. The first-order valence-electron chi connectivity index (χ1n) is 7.77. The third-order valence-electron chi connectivity index (χ3n) is 3.86. The molecule has 2 aromatic heterocycles. The van der Waals surface area contributed by atoms with Gasteiger partial charge >= 0.3 is 11.8 Å². The molecule has 0 radical (unpaired) electrons. The average molecular weight is 390 g/mol.